The Bertz CT molecular complexity index is 1320. The molecule has 9 heteroatoms. The van der Waals surface area contributed by atoms with Gasteiger partial charge in [0.1, 0.15) is 4.90 Å². The highest BCUT2D eigenvalue weighted by atomic mass is 32.2. The van der Waals surface area contributed by atoms with Crippen LogP contribution in [0, 0.1) is 37.8 Å². The van der Waals surface area contributed by atoms with Crippen molar-refractivity contribution in [2.75, 3.05) is 10.1 Å². The van der Waals surface area contributed by atoms with Crippen LogP contribution in [0.2, 0.25) is 0 Å². The standard InChI is InChI=1S/C23H24N4O4S/c1-15-6-9-21(18(4)11-15)26-32(30,31)23-13-20(27(28)29)8-10-22(23)25-24-14-19-12-16(2)5-7-17(19)3/h5-14,25-26H,1-4H3. The van der Waals surface area contributed by atoms with Crippen molar-refractivity contribution in [1.29, 1.82) is 0 Å². The van der Waals surface area contributed by atoms with Gasteiger partial charge in [0, 0.05) is 12.1 Å². The van der Waals surface area contributed by atoms with Crippen LogP contribution in [-0.2, 0) is 10.0 Å². The summed E-state index contributed by atoms with van der Waals surface area (Å²) in [7, 11) is -4.14. The van der Waals surface area contributed by atoms with E-state index in [1.54, 1.807) is 25.3 Å². The van der Waals surface area contributed by atoms with Gasteiger partial charge in [-0.05, 0) is 56.5 Å². The van der Waals surface area contributed by atoms with Crippen molar-refractivity contribution in [1.82, 2.24) is 0 Å². The molecule has 0 amide bonds. The van der Waals surface area contributed by atoms with Gasteiger partial charge >= 0.3 is 0 Å². The molecule has 0 fully saturated rings. The second kappa shape index (κ2) is 9.19. The number of nitro groups is 1. The number of sulfonamides is 1. The van der Waals surface area contributed by atoms with Crippen molar-refractivity contribution in [3.05, 3.63) is 92.5 Å². The van der Waals surface area contributed by atoms with Crippen LogP contribution in [-0.4, -0.2) is 19.6 Å². The average molecular weight is 453 g/mol. The molecule has 0 radical (unpaired) electrons. The lowest BCUT2D eigenvalue weighted by Crippen LogP contribution is -2.16. The molecule has 166 valence electrons. The molecule has 0 saturated heterocycles. The Kier molecular flexibility index (Phi) is 6.59. The molecule has 0 spiro atoms. The lowest BCUT2D eigenvalue weighted by Gasteiger charge is -2.14. The minimum atomic E-state index is -4.14. The van der Waals surface area contributed by atoms with E-state index in [1.165, 1.54) is 12.1 Å². The molecule has 3 aromatic carbocycles. The highest BCUT2D eigenvalue weighted by Crippen LogP contribution is 2.29. The van der Waals surface area contributed by atoms with E-state index in [2.05, 4.69) is 15.2 Å². The highest BCUT2D eigenvalue weighted by Gasteiger charge is 2.23. The fraction of sp³-hybridized carbons (Fsp3) is 0.174. The third kappa shape index (κ3) is 5.30. The number of aryl methyl sites for hydroxylation is 4. The van der Waals surface area contributed by atoms with Crippen LogP contribution in [0.25, 0.3) is 0 Å². The van der Waals surface area contributed by atoms with E-state index in [9.17, 15) is 18.5 Å². The van der Waals surface area contributed by atoms with E-state index in [0.29, 0.717) is 5.69 Å². The van der Waals surface area contributed by atoms with E-state index >= 15 is 0 Å². The predicted molar refractivity (Wildman–Crippen MR) is 127 cm³/mol. The predicted octanol–water partition coefficient (Wildman–Crippen LogP) is 5.08. The zero-order valence-corrected chi connectivity index (χ0v) is 19.0. The van der Waals surface area contributed by atoms with Crippen molar-refractivity contribution >= 4 is 33.3 Å². The Morgan fingerprint density at radius 3 is 2.22 bits per heavy atom. The summed E-state index contributed by atoms with van der Waals surface area (Å²) >= 11 is 0. The average Bonchev–Trinajstić information content (AvgIpc) is 2.72. The van der Waals surface area contributed by atoms with Crippen LogP contribution in [0.5, 0.6) is 0 Å². The molecule has 0 aliphatic rings. The molecule has 0 aromatic heterocycles. The molecule has 0 atom stereocenters. The molecular formula is C23H24N4O4S. The van der Waals surface area contributed by atoms with E-state index < -0.39 is 14.9 Å². The van der Waals surface area contributed by atoms with E-state index in [0.717, 1.165) is 33.9 Å². The van der Waals surface area contributed by atoms with Gasteiger partial charge in [-0.15, -0.1) is 0 Å². The van der Waals surface area contributed by atoms with Crippen LogP contribution in [0.3, 0.4) is 0 Å². The Balaban J connectivity index is 1.98. The smallest absolute Gasteiger partial charge is 0.270 e. The summed E-state index contributed by atoms with van der Waals surface area (Å²) in [4.78, 5) is 10.3. The number of benzene rings is 3. The first-order valence-electron chi connectivity index (χ1n) is 9.81. The van der Waals surface area contributed by atoms with Crippen molar-refractivity contribution in [2.45, 2.75) is 32.6 Å². The molecule has 3 rings (SSSR count). The third-order valence-corrected chi connectivity index (χ3v) is 6.32. The number of hydrogen-bond donors (Lipinski definition) is 2. The van der Waals surface area contributed by atoms with Gasteiger partial charge < -0.3 is 0 Å². The van der Waals surface area contributed by atoms with Crippen LogP contribution in [0.4, 0.5) is 17.1 Å². The Hall–Kier alpha value is -3.72. The molecule has 2 N–H and O–H groups in total. The van der Waals surface area contributed by atoms with Gasteiger partial charge in [-0.1, -0.05) is 41.5 Å². The normalized spacial score (nSPS) is 11.5. The molecule has 0 heterocycles. The lowest BCUT2D eigenvalue weighted by atomic mass is 10.1. The number of hydrogen-bond acceptors (Lipinski definition) is 6. The number of hydrazone groups is 1. The summed E-state index contributed by atoms with van der Waals surface area (Å²) in [6, 6.07) is 14.8. The molecule has 3 aromatic rings. The largest absolute Gasteiger partial charge is 0.279 e. The van der Waals surface area contributed by atoms with E-state index in [-0.39, 0.29) is 16.3 Å². The van der Waals surface area contributed by atoms with Crippen LogP contribution in [0.1, 0.15) is 27.8 Å². The fourth-order valence-electron chi connectivity index (χ4n) is 3.14. The first-order valence-corrected chi connectivity index (χ1v) is 11.3. The number of non-ortho nitro benzene ring substituents is 1. The summed E-state index contributed by atoms with van der Waals surface area (Å²) < 4.78 is 28.8. The van der Waals surface area contributed by atoms with Gasteiger partial charge in [0.2, 0.25) is 0 Å². The van der Waals surface area contributed by atoms with E-state index in [1.807, 2.05) is 45.0 Å². The van der Waals surface area contributed by atoms with E-state index in [4.69, 9.17) is 0 Å². The van der Waals surface area contributed by atoms with Crippen molar-refractivity contribution in [3.63, 3.8) is 0 Å². The lowest BCUT2D eigenvalue weighted by molar-refractivity contribution is -0.385. The quantitative estimate of drug-likeness (QED) is 0.295. The molecule has 32 heavy (non-hydrogen) atoms. The molecule has 0 bridgehead atoms. The monoisotopic (exact) mass is 452 g/mol. The SMILES string of the molecule is Cc1ccc(NS(=O)(=O)c2cc([N+](=O)[O-])ccc2NN=Cc2cc(C)ccc2C)c(C)c1. The Morgan fingerprint density at radius 1 is 0.875 bits per heavy atom. The summed E-state index contributed by atoms with van der Waals surface area (Å²) in [5, 5.41) is 15.4. The van der Waals surface area contributed by atoms with Crippen LogP contribution in [0.15, 0.2) is 64.6 Å². The molecule has 0 unspecified atom stereocenters. The van der Waals surface area contributed by atoms with Gasteiger partial charge in [0.25, 0.3) is 15.7 Å². The summed E-state index contributed by atoms with van der Waals surface area (Å²) in [6.45, 7) is 7.59. The molecule has 0 aliphatic carbocycles. The summed E-state index contributed by atoms with van der Waals surface area (Å²) in [5.74, 6) is 0. The fourth-order valence-corrected chi connectivity index (χ4v) is 4.45. The summed E-state index contributed by atoms with van der Waals surface area (Å²) in [5.41, 5.74) is 7.57. The molecular weight excluding hydrogens is 428 g/mol. The van der Waals surface area contributed by atoms with Gasteiger partial charge in [-0.2, -0.15) is 5.10 Å². The second-order valence-electron chi connectivity index (χ2n) is 7.59. The number of rotatable bonds is 7. The van der Waals surface area contributed by atoms with Crippen molar-refractivity contribution in [2.24, 2.45) is 5.10 Å². The maximum atomic E-state index is 13.1. The van der Waals surface area contributed by atoms with Crippen LogP contribution < -0.4 is 10.1 Å². The number of anilines is 2. The number of nitrogens with one attached hydrogen (secondary N) is 2. The summed E-state index contributed by atoms with van der Waals surface area (Å²) in [6.07, 6.45) is 1.58. The molecule has 8 nitrogen and oxygen atoms in total. The van der Waals surface area contributed by atoms with Gasteiger partial charge in [0.05, 0.1) is 22.5 Å². The minimum Gasteiger partial charge on any atom is -0.279 e. The minimum absolute atomic E-state index is 0.120. The third-order valence-electron chi connectivity index (χ3n) is 4.92. The maximum absolute atomic E-state index is 13.1. The topological polar surface area (TPSA) is 114 Å². The number of nitro benzene ring substituents is 1. The maximum Gasteiger partial charge on any atom is 0.270 e. The zero-order valence-electron chi connectivity index (χ0n) is 18.2. The molecule has 0 saturated carbocycles. The number of nitrogens with zero attached hydrogens (tertiary/aromatic N) is 2. The van der Waals surface area contributed by atoms with Gasteiger partial charge in [0.15, 0.2) is 0 Å². The highest BCUT2D eigenvalue weighted by molar-refractivity contribution is 7.92. The first-order chi connectivity index (χ1) is 15.1. The second-order valence-corrected chi connectivity index (χ2v) is 9.24. The van der Waals surface area contributed by atoms with Crippen molar-refractivity contribution in [3.8, 4) is 0 Å². The first kappa shape index (κ1) is 23.0. The zero-order chi connectivity index (χ0) is 23.5. The van der Waals surface area contributed by atoms with Crippen molar-refractivity contribution < 1.29 is 13.3 Å². The van der Waals surface area contributed by atoms with Crippen LogP contribution >= 0.6 is 0 Å². The van der Waals surface area contributed by atoms with Gasteiger partial charge in [-0.3, -0.25) is 20.3 Å². The Morgan fingerprint density at radius 2 is 1.53 bits per heavy atom. The molecule has 0 aliphatic heterocycles. The van der Waals surface area contributed by atoms with Gasteiger partial charge in [-0.25, -0.2) is 8.42 Å². The Labute approximate surface area is 187 Å².